The molecule has 1 amide bonds. The summed E-state index contributed by atoms with van der Waals surface area (Å²) >= 11 is 0. The number of amides is 1. The molecule has 0 fully saturated rings. The van der Waals surface area contributed by atoms with Gasteiger partial charge in [-0.25, -0.2) is 0 Å². The Bertz CT molecular complexity index is 707. The van der Waals surface area contributed by atoms with Gasteiger partial charge in [-0.3, -0.25) is 4.79 Å². The molecule has 2 aromatic rings. The van der Waals surface area contributed by atoms with Crippen molar-refractivity contribution in [1.29, 1.82) is 0 Å². The summed E-state index contributed by atoms with van der Waals surface area (Å²) < 4.78 is 11.2. The Balaban J connectivity index is 1.96. The summed E-state index contributed by atoms with van der Waals surface area (Å²) in [6.45, 7) is 9.79. The molecule has 1 N–H and O–H groups in total. The Labute approximate surface area is 143 Å². The van der Waals surface area contributed by atoms with Crippen LogP contribution in [0.4, 0.5) is 5.69 Å². The van der Waals surface area contributed by atoms with Crippen LogP contribution in [-0.4, -0.2) is 18.6 Å². The highest BCUT2D eigenvalue weighted by atomic mass is 16.5. The molecule has 0 aliphatic rings. The van der Waals surface area contributed by atoms with Crippen molar-refractivity contribution in [3.8, 4) is 11.5 Å². The Morgan fingerprint density at radius 2 is 1.92 bits per heavy atom. The minimum atomic E-state index is -0.595. The fourth-order valence-electron chi connectivity index (χ4n) is 2.13. The normalized spacial score (nSPS) is 11.5. The summed E-state index contributed by atoms with van der Waals surface area (Å²) in [5.41, 5.74) is 2.87. The Morgan fingerprint density at radius 1 is 1.21 bits per heavy atom. The average molecular weight is 325 g/mol. The van der Waals surface area contributed by atoms with Gasteiger partial charge in [0.25, 0.3) is 5.91 Å². The van der Waals surface area contributed by atoms with Crippen molar-refractivity contribution in [2.24, 2.45) is 0 Å². The van der Waals surface area contributed by atoms with Gasteiger partial charge in [-0.15, -0.1) is 0 Å². The van der Waals surface area contributed by atoms with Crippen molar-refractivity contribution in [2.45, 2.75) is 26.9 Å². The maximum Gasteiger partial charge on any atom is 0.265 e. The fourth-order valence-corrected chi connectivity index (χ4v) is 2.13. The van der Waals surface area contributed by atoms with Crippen LogP contribution in [0.2, 0.25) is 0 Å². The van der Waals surface area contributed by atoms with Crippen molar-refractivity contribution in [1.82, 2.24) is 0 Å². The van der Waals surface area contributed by atoms with Crippen molar-refractivity contribution in [3.05, 3.63) is 66.2 Å². The highest BCUT2D eigenvalue weighted by molar-refractivity contribution is 5.94. The maximum absolute atomic E-state index is 12.3. The first-order valence-electron chi connectivity index (χ1n) is 7.88. The lowest BCUT2D eigenvalue weighted by molar-refractivity contribution is -0.122. The topological polar surface area (TPSA) is 47.6 Å². The molecule has 0 heterocycles. The predicted octanol–water partition coefficient (Wildman–Crippen LogP) is 4.27. The van der Waals surface area contributed by atoms with Crippen molar-refractivity contribution in [3.63, 3.8) is 0 Å². The van der Waals surface area contributed by atoms with Gasteiger partial charge in [0, 0.05) is 5.69 Å². The number of aryl methyl sites for hydroxylation is 1. The van der Waals surface area contributed by atoms with E-state index in [9.17, 15) is 4.79 Å². The molecular formula is C20H23NO3. The number of hydrogen-bond donors (Lipinski definition) is 1. The average Bonchev–Trinajstić information content (AvgIpc) is 2.58. The van der Waals surface area contributed by atoms with Gasteiger partial charge >= 0.3 is 0 Å². The highest BCUT2D eigenvalue weighted by Gasteiger charge is 2.16. The lowest BCUT2D eigenvalue weighted by atomic mass is 10.1. The third kappa shape index (κ3) is 4.62. The van der Waals surface area contributed by atoms with E-state index in [4.69, 9.17) is 9.47 Å². The van der Waals surface area contributed by atoms with E-state index in [1.807, 2.05) is 32.0 Å². The molecule has 0 saturated heterocycles. The number of carbonyl (C=O) groups excluding carboxylic acids is 1. The molecule has 4 heteroatoms. The van der Waals surface area contributed by atoms with E-state index in [1.54, 1.807) is 37.3 Å². The van der Waals surface area contributed by atoms with Gasteiger partial charge in [0.1, 0.15) is 18.1 Å². The van der Waals surface area contributed by atoms with E-state index in [1.165, 1.54) is 0 Å². The maximum atomic E-state index is 12.3. The van der Waals surface area contributed by atoms with Crippen LogP contribution in [0.25, 0.3) is 0 Å². The van der Waals surface area contributed by atoms with Crippen molar-refractivity contribution >= 4 is 11.6 Å². The zero-order chi connectivity index (χ0) is 17.5. The first-order chi connectivity index (χ1) is 11.5. The number of hydrogen-bond acceptors (Lipinski definition) is 3. The van der Waals surface area contributed by atoms with Gasteiger partial charge in [0.15, 0.2) is 6.10 Å². The van der Waals surface area contributed by atoms with Gasteiger partial charge in [0.2, 0.25) is 0 Å². The molecule has 0 radical (unpaired) electrons. The van der Waals surface area contributed by atoms with Crippen LogP contribution in [0.1, 0.15) is 18.1 Å². The molecular weight excluding hydrogens is 302 g/mol. The van der Waals surface area contributed by atoms with E-state index in [-0.39, 0.29) is 5.91 Å². The number of rotatable bonds is 7. The molecule has 0 aliphatic carbocycles. The molecule has 1 atom stereocenters. The van der Waals surface area contributed by atoms with Crippen LogP contribution in [0.15, 0.2) is 55.1 Å². The van der Waals surface area contributed by atoms with Crippen molar-refractivity contribution in [2.75, 3.05) is 11.9 Å². The second-order valence-electron chi connectivity index (χ2n) is 5.57. The highest BCUT2D eigenvalue weighted by Crippen LogP contribution is 2.22. The third-order valence-corrected chi connectivity index (χ3v) is 3.72. The summed E-state index contributed by atoms with van der Waals surface area (Å²) in [4.78, 5) is 12.3. The molecule has 0 spiro atoms. The molecule has 0 aliphatic heterocycles. The van der Waals surface area contributed by atoms with E-state index in [0.29, 0.717) is 12.3 Å². The quantitative estimate of drug-likeness (QED) is 0.773. The molecule has 0 aromatic heterocycles. The molecule has 4 nitrogen and oxygen atoms in total. The zero-order valence-corrected chi connectivity index (χ0v) is 14.3. The Kier molecular flexibility index (Phi) is 6.01. The minimum Gasteiger partial charge on any atom is -0.490 e. The predicted molar refractivity (Wildman–Crippen MR) is 96.8 cm³/mol. The van der Waals surface area contributed by atoms with Crippen LogP contribution in [0, 0.1) is 13.8 Å². The molecule has 0 bridgehead atoms. The lowest BCUT2D eigenvalue weighted by Gasteiger charge is -2.17. The Hall–Kier alpha value is -2.75. The SMILES string of the molecule is C=CCOc1ccc(NC(=O)[C@@H](C)Oc2cccc(C)c2C)cc1. The number of ether oxygens (including phenoxy) is 2. The van der Waals surface area contributed by atoms with Gasteiger partial charge in [-0.1, -0.05) is 24.8 Å². The number of benzene rings is 2. The lowest BCUT2D eigenvalue weighted by Crippen LogP contribution is -2.30. The number of anilines is 1. The summed E-state index contributed by atoms with van der Waals surface area (Å²) in [5, 5.41) is 2.84. The summed E-state index contributed by atoms with van der Waals surface area (Å²) in [6, 6.07) is 13.0. The Morgan fingerprint density at radius 3 is 2.58 bits per heavy atom. The molecule has 2 rings (SSSR count). The number of carbonyl (C=O) groups is 1. The summed E-state index contributed by atoms with van der Waals surface area (Å²) in [7, 11) is 0. The van der Waals surface area contributed by atoms with Gasteiger partial charge in [0.05, 0.1) is 0 Å². The van der Waals surface area contributed by atoms with Crippen LogP contribution in [-0.2, 0) is 4.79 Å². The third-order valence-electron chi connectivity index (χ3n) is 3.72. The molecule has 126 valence electrons. The number of nitrogens with one attached hydrogen (secondary N) is 1. The minimum absolute atomic E-state index is 0.198. The molecule has 24 heavy (non-hydrogen) atoms. The fraction of sp³-hybridized carbons (Fsp3) is 0.250. The van der Waals surface area contributed by atoms with Gasteiger partial charge < -0.3 is 14.8 Å². The largest absolute Gasteiger partial charge is 0.490 e. The summed E-state index contributed by atoms with van der Waals surface area (Å²) in [5.74, 6) is 1.26. The summed E-state index contributed by atoms with van der Waals surface area (Å²) in [6.07, 6.45) is 1.09. The van der Waals surface area contributed by atoms with E-state index < -0.39 is 6.10 Å². The monoisotopic (exact) mass is 325 g/mol. The molecule has 2 aromatic carbocycles. The van der Waals surface area contributed by atoms with E-state index >= 15 is 0 Å². The molecule has 0 saturated carbocycles. The van der Waals surface area contributed by atoms with Crippen molar-refractivity contribution < 1.29 is 14.3 Å². The second kappa shape index (κ2) is 8.20. The zero-order valence-electron chi connectivity index (χ0n) is 14.3. The van der Waals surface area contributed by atoms with Crippen LogP contribution < -0.4 is 14.8 Å². The smallest absolute Gasteiger partial charge is 0.265 e. The van der Waals surface area contributed by atoms with Crippen LogP contribution in [0.3, 0.4) is 0 Å². The first-order valence-corrected chi connectivity index (χ1v) is 7.88. The van der Waals surface area contributed by atoms with Gasteiger partial charge in [-0.2, -0.15) is 0 Å². The van der Waals surface area contributed by atoms with E-state index in [0.717, 1.165) is 22.6 Å². The van der Waals surface area contributed by atoms with Crippen LogP contribution in [0.5, 0.6) is 11.5 Å². The van der Waals surface area contributed by atoms with Crippen LogP contribution >= 0.6 is 0 Å². The van der Waals surface area contributed by atoms with Gasteiger partial charge in [-0.05, 0) is 62.2 Å². The molecule has 0 unspecified atom stereocenters. The second-order valence-corrected chi connectivity index (χ2v) is 5.57. The standard InChI is InChI=1S/C20H23NO3/c1-5-13-23-18-11-9-17(10-12-18)21-20(22)16(4)24-19-8-6-7-14(2)15(19)3/h5-12,16H,1,13H2,2-4H3,(H,21,22)/t16-/m1/s1. The first kappa shape index (κ1) is 17.6. The van der Waals surface area contributed by atoms with E-state index in [2.05, 4.69) is 11.9 Å².